The molecular formula is C12H18N4O2. The first-order valence-electron chi connectivity index (χ1n) is 6.22. The zero-order chi connectivity index (χ0) is 13.1. The molecular weight excluding hydrogens is 232 g/mol. The van der Waals surface area contributed by atoms with E-state index in [1.165, 1.54) is 6.07 Å². The monoisotopic (exact) mass is 250 g/mol. The third-order valence-corrected chi connectivity index (χ3v) is 3.17. The topological polar surface area (TPSA) is 92.3 Å². The normalized spacial score (nSPS) is 16.9. The minimum Gasteiger partial charge on any atom is -0.477 e. The minimum atomic E-state index is -1.01. The highest BCUT2D eigenvalue weighted by molar-refractivity contribution is 5.85. The smallest absolute Gasteiger partial charge is 0.354 e. The van der Waals surface area contributed by atoms with E-state index in [1.54, 1.807) is 0 Å². The van der Waals surface area contributed by atoms with Crippen molar-refractivity contribution >= 4 is 11.9 Å². The van der Waals surface area contributed by atoms with Crippen molar-refractivity contribution in [2.75, 3.05) is 18.0 Å². The number of aromatic carboxylic acids is 1. The molecule has 2 rings (SSSR count). The van der Waals surface area contributed by atoms with Crippen LogP contribution in [0.4, 0.5) is 5.95 Å². The predicted molar refractivity (Wildman–Crippen MR) is 67.8 cm³/mol. The van der Waals surface area contributed by atoms with E-state index in [4.69, 9.17) is 10.8 Å². The second-order valence-electron chi connectivity index (χ2n) is 4.53. The van der Waals surface area contributed by atoms with Crippen molar-refractivity contribution < 1.29 is 9.90 Å². The summed E-state index contributed by atoms with van der Waals surface area (Å²) in [5.41, 5.74) is 6.67. The van der Waals surface area contributed by atoms with Gasteiger partial charge < -0.3 is 15.7 Å². The van der Waals surface area contributed by atoms with E-state index in [2.05, 4.69) is 9.97 Å². The Morgan fingerprint density at radius 3 is 2.72 bits per heavy atom. The largest absolute Gasteiger partial charge is 0.477 e. The van der Waals surface area contributed by atoms with Crippen molar-refractivity contribution in [1.29, 1.82) is 0 Å². The van der Waals surface area contributed by atoms with E-state index < -0.39 is 5.97 Å². The van der Waals surface area contributed by atoms with Gasteiger partial charge in [0.2, 0.25) is 5.95 Å². The molecule has 2 heterocycles. The van der Waals surface area contributed by atoms with Gasteiger partial charge in [0.1, 0.15) is 0 Å². The fourth-order valence-electron chi connectivity index (χ4n) is 2.02. The molecule has 0 unspecified atom stereocenters. The maximum absolute atomic E-state index is 11.0. The number of hydrogen-bond donors (Lipinski definition) is 2. The molecule has 0 aromatic carbocycles. The van der Waals surface area contributed by atoms with Crippen LogP contribution >= 0.6 is 0 Å². The van der Waals surface area contributed by atoms with Gasteiger partial charge in [-0.1, -0.05) is 6.92 Å². The van der Waals surface area contributed by atoms with Crippen molar-refractivity contribution in [3.63, 3.8) is 0 Å². The van der Waals surface area contributed by atoms with Gasteiger partial charge >= 0.3 is 5.97 Å². The Labute approximate surface area is 106 Å². The van der Waals surface area contributed by atoms with Crippen molar-refractivity contribution in [3.8, 4) is 0 Å². The lowest BCUT2D eigenvalue weighted by Gasteiger charge is -2.30. The lowest BCUT2D eigenvalue weighted by Crippen LogP contribution is -2.40. The second kappa shape index (κ2) is 5.30. The molecule has 1 aliphatic rings. The molecule has 0 amide bonds. The summed E-state index contributed by atoms with van der Waals surface area (Å²) in [7, 11) is 0. The van der Waals surface area contributed by atoms with Gasteiger partial charge in [0.25, 0.3) is 0 Å². The number of nitrogens with zero attached hydrogens (tertiary/aromatic N) is 3. The van der Waals surface area contributed by atoms with Crippen LogP contribution in [0.5, 0.6) is 0 Å². The van der Waals surface area contributed by atoms with E-state index in [0.717, 1.165) is 31.6 Å². The highest BCUT2D eigenvalue weighted by Gasteiger charge is 2.20. The second-order valence-corrected chi connectivity index (χ2v) is 4.53. The molecule has 18 heavy (non-hydrogen) atoms. The summed E-state index contributed by atoms with van der Waals surface area (Å²) in [4.78, 5) is 21.5. The van der Waals surface area contributed by atoms with E-state index in [1.807, 2.05) is 11.8 Å². The Hall–Kier alpha value is -1.69. The van der Waals surface area contributed by atoms with E-state index in [-0.39, 0.29) is 11.7 Å². The zero-order valence-corrected chi connectivity index (χ0v) is 10.5. The third-order valence-electron chi connectivity index (χ3n) is 3.17. The fourth-order valence-corrected chi connectivity index (χ4v) is 2.02. The third kappa shape index (κ3) is 2.76. The van der Waals surface area contributed by atoms with E-state index in [0.29, 0.717) is 12.4 Å². The number of aryl methyl sites for hydroxylation is 1. The van der Waals surface area contributed by atoms with Crippen LogP contribution in [0.1, 0.15) is 35.9 Å². The van der Waals surface area contributed by atoms with Crippen LogP contribution in [0.3, 0.4) is 0 Å². The van der Waals surface area contributed by atoms with Gasteiger partial charge in [-0.15, -0.1) is 0 Å². The van der Waals surface area contributed by atoms with Crippen molar-refractivity contribution in [2.45, 2.75) is 32.2 Å². The number of rotatable bonds is 3. The molecule has 3 N–H and O–H groups in total. The molecule has 1 fully saturated rings. The molecule has 1 aliphatic heterocycles. The summed E-state index contributed by atoms with van der Waals surface area (Å²) in [6, 6.07) is 1.76. The summed E-state index contributed by atoms with van der Waals surface area (Å²) in [6.07, 6.45) is 2.48. The van der Waals surface area contributed by atoms with Crippen molar-refractivity contribution in [2.24, 2.45) is 5.73 Å². The van der Waals surface area contributed by atoms with Crippen LogP contribution in [0.15, 0.2) is 6.07 Å². The minimum absolute atomic E-state index is 0.0618. The molecule has 1 aromatic heterocycles. The Morgan fingerprint density at radius 2 is 2.17 bits per heavy atom. The van der Waals surface area contributed by atoms with E-state index >= 15 is 0 Å². The van der Waals surface area contributed by atoms with Gasteiger partial charge in [0.05, 0.1) is 0 Å². The van der Waals surface area contributed by atoms with Gasteiger partial charge in [-0.05, 0) is 25.3 Å². The Morgan fingerprint density at radius 1 is 1.50 bits per heavy atom. The first kappa shape index (κ1) is 12.8. The predicted octanol–water partition coefficient (Wildman–Crippen LogP) is 0.665. The molecule has 6 nitrogen and oxygen atoms in total. The molecule has 0 radical (unpaired) electrons. The quantitative estimate of drug-likeness (QED) is 0.819. The molecule has 6 heteroatoms. The molecule has 98 valence electrons. The van der Waals surface area contributed by atoms with Gasteiger partial charge in [0.15, 0.2) is 5.69 Å². The summed E-state index contributed by atoms with van der Waals surface area (Å²) < 4.78 is 0. The standard InChI is InChI=1S/C12H18N4O2/c1-2-9-7-10(11(17)18)15-12(14-9)16-5-3-8(13)4-6-16/h7-8H,2-6,13H2,1H3,(H,17,18). The van der Waals surface area contributed by atoms with Crippen LogP contribution < -0.4 is 10.6 Å². The maximum atomic E-state index is 11.0. The molecule has 0 spiro atoms. The average molecular weight is 250 g/mol. The number of anilines is 1. The molecule has 0 saturated carbocycles. The average Bonchev–Trinajstić information content (AvgIpc) is 2.39. The number of carboxylic acid groups (broad SMARTS) is 1. The van der Waals surface area contributed by atoms with Gasteiger partial charge in [-0.3, -0.25) is 0 Å². The van der Waals surface area contributed by atoms with Crippen LogP contribution in [-0.4, -0.2) is 40.2 Å². The van der Waals surface area contributed by atoms with Gasteiger partial charge in [-0.25, -0.2) is 14.8 Å². The highest BCUT2D eigenvalue weighted by Crippen LogP contribution is 2.16. The number of piperidine rings is 1. The summed E-state index contributed by atoms with van der Waals surface area (Å²) in [5, 5.41) is 9.04. The molecule has 0 atom stereocenters. The summed E-state index contributed by atoms with van der Waals surface area (Å²) in [5.74, 6) is -0.499. The van der Waals surface area contributed by atoms with Crippen molar-refractivity contribution in [3.05, 3.63) is 17.5 Å². The first-order chi connectivity index (χ1) is 8.60. The zero-order valence-electron chi connectivity index (χ0n) is 10.5. The molecule has 1 aromatic rings. The van der Waals surface area contributed by atoms with Crippen LogP contribution in [0.25, 0.3) is 0 Å². The van der Waals surface area contributed by atoms with E-state index in [9.17, 15) is 4.79 Å². The maximum Gasteiger partial charge on any atom is 0.354 e. The molecule has 1 saturated heterocycles. The number of hydrogen-bond acceptors (Lipinski definition) is 5. The number of aromatic nitrogens is 2. The Bertz CT molecular complexity index is 442. The summed E-state index contributed by atoms with van der Waals surface area (Å²) >= 11 is 0. The lowest BCUT2D eigenvalue weighted by molar-refractivity contribution is 0.0690. The number of carboxylic acids is 1. The van der Waals surface area contributed by atoms with Gasteiger partial charge in [0, 0.05) is 24.8 Å². The Balaban J connectivity index is 2.26. The summed E-state index contributed by atoms with van der Waals surface area (Å²) in [6.45, 7) is 3.52. The molecule has 0 aliphatic carbocycles. The van der Waals surface area contributed by atoms with Crippen LogP contribution in [0.2, 0.25) is 0 Å². The van der Waals surface area contributed by atoms with Gasteiger partial charge in [-0.2, -0.15) is 0 Å². The number of nitrogens with two attached hydrogens (primary N) is 1. The van der Waals surface area contributed by atoms with Crippen molar-refractivity contribution in [1.82, 2.24) is 9.97 Å². The molecule has 0 bridgehead atoms. The highest BCUT2D eigenvalue weighted by atomic mass is 16.4. The number of carbonyl (C=O) groups is 1. The lowest BCUT2D eigenvalue weighted by atomic mass is 10.1. The SMILES string of the molecule is CCc1cc(C(=O)O)nc(N2CCC(N)CC2)n1. The van der Waals surface area contributed by atoms with Crippen LogP contribution in [-0.2, 0) is 6.42 Å². The fraction of sp³-hybridized carbons (Fsp3) is 0.583. The first-order valence-corrected chi connectivity index (χ1v) is 6.22. The van der Waals surface area contributed by atoms with Crippen LogP contribution in [0, 0.1) is 0 Å². The Kier molecular flexibility index (Phi) is 3.76.